The lowest BCUT2D eigenvalue weighted by molar-refractivity contribution is -0.119. The van der Waals surface area contributed by atoms with E-state index in [0.717, 1.165) is 30.5 Å². The highest BCUT2D eigenvalue weighted by molar-refractivity contribution is 5.99. The fraction of sp³-hybridized carbons (Fsp3) is 0.231. The maximum absolute atomic E-state index is 12.7. The van der Waals surface area contributed by atoms with Crippen molar-refractivity contribution in [3.8, 4) is 6.07 Å². The number of amides is 2. The van der Waals surface area contributed by atoms with Crippen LogP contribution in [-0.4, -0.2) is 29.4 Å². The molecule has 9 heteroatoms. The van der Waals surface area contributed by atoms with Crippen molar-refractivity contribution in [1.82, 2.24) is 10.5 Å². The highest BCUT2D eigenvalue weighted by Gasteiger charge is 2.29. The SMILES string of the molecule is N#Cc1ccc(CONC(=O)c2ccccc2NCc2ccnc(N3CCCC3C(N)=O)c2)cc1. The number of para-hydroxylation sites is 1. The number of nitrogens with zero attached hydrogens (tertiary/aromatic N) is 3. The first-order chi connectivity index (χ1) is 17.0. The average Bonchev–Trinajstić information content (AvgIpc) is 3.39. The molecule has 2 amide bonds. The molecule has 9 nitrogen and oxygen atoms in total. The van der Waals surface area contributed by atoms with Crippen molar-refractivity contribution in [2.75, 3.05) is 16.8 Å². The lowest BCUT2D eigenvalue weighted by Crippen LogP contribution is -2.40. The van der Waals surface area contributed by atoms with Crippen LogP contribution in [0, 0.1) is 11.3 Å². The third-order valence-electron chi connectivity index (χ3n) is 5.83. The monoisotopic (exact) mass is 470 g/mol. The van der Waals surface area contributed by atoms with E-state index in [1.807, 2.05) is 29.2 Å². The molecule has 178 valence electrons. The second-order valence-corrected chi connectivity index (χ2v) is 8.20. The Labute approximate surface area is 203 Å². The summed E-state index contributed by atoms with van der Waals surface area (Å²) < 4.78 is 0. The molecule has 0 bridgehead atoms. The minimum absolute atomic E-state index is 0.176. The van der Waals surface area contributed by atoms with E-state index in [1.165, 1.54) is 0 Å². The third kappa shape index (κ3) is 5.93. The molecule has 1 unspecified atom stereocenters. The van der Waals surface area contributed by atoms with Gasteiger partial charge in [-0.15, -0.1) is 0 Å². The molecule has 1 fully saturated rings. The number of carbonyl (C=O) groups is 2. The Bertz CT molecular complexity index is 1240. The second kappa shape index (κ2) is 11.1. The van der Waals surface area contributed by atoms with E-state index in [1.54, 1.807) is 42.6 Å². The van der Waals surface area contributed by atoms with Gasteiger partial charge < -0.3 is 16.0 Å². The molecule has 1 aromatic heterocycles. The normalized spacial score (nSPS) is 14.8. The largest absolute Gasteiger partial charge is 0.380 e. The lowest BCUT2D eigenvalue weighted by Gasteiger charge is -2.23. The smallest absolute Gasteiger partial charge is 0.276 e. The van der Waals surface area contributed by atoms with E-state index >= 15 is 0 Å². The molecule has 2 heterocycles. The number of rotatable bonds is 9. The van der Waals surface area contributed by atoms with Crippen molar-refractivity contribution < 1.29 is 14.4 Å². The van der Waals surface area contributed by atoms with E-state index in [0.29, 0.717) is 29.2 Å². The van der Waals surface area contributed by atoms with E-state index in [-0.39, 0.29) is 24.5 Å². The van der Waals surface area contributed by atoms with Crippen LogP contribution in [0.5, 0.6) is 0 Å². The molecule has 35 heavy (non-hydrogen) atoms. The minimum Gasteiger partial charge on any atom is -0.380 e. The number of hydroxylamine groups is 1. The number of nitrogens with one attached hydrogen (secondary N) is 2. The van der Waals surface area contributed by atoms with Gasteiger partial charge in [0.25, 0.3) is 5.91 Å². The van der Waals surface area contributed by atoms with Crippen LogP contribution < -0.4 is 21.4 Å². The van der Waals surface area contributed by atoms with Crippen LogP contribution in [0.4, 0.5) is 11.5 Å². The van der Waals surface area contributed by atoms with Crippen LogP contribution in [0.1, 0.15) is 39.9 Å². The molecule has 0 saturated carbocycles. The summed E-state index contributed by atoms with van der Waals surface area (Å²) in [6.45, 7) is 1.37. The van der Waals surface area contributed by atoms with E-state index < -0.39 is 0 Å². The van der Waals surface area contributed by atoms with Crippen LogP contribution in [0.2, 0.25) is 0 Å². The lowest BCUT2D eigenvalue weighted by atomic mass is 10.1. The Morgan fingerprint density at radius 2 is 1.94 bits per heavy atom. The van der Waals surface area contributed by atoms with Crippen LogP contribution in [0.25, 0.3) is 0 Å². The minimum atomic E-state index is -0.376. The molecular formula is C26H26N6O3. The second-order valence-electron chi connectivity index (χ2n) is 8.20. The number of primary amides is 1. The fourth-order valence-corrected chi connectivity index (χ4v) is 4.01. The quantitative estimate of drug-likeness (QED) is 0.410. The predicted molar refractivity (Wildman–Crippen MR) is 131 cm³/mol. The van der Waals surface area contributed by atoms with Gasteiger partial charge in [0.15, 0.2) is 0 Å². The van der Waals surface area contributed by atoms with Gasteiger partial charge in [-0.1, -0.05) is 24.3 Å². The standard InChI is InChI=1S/C26H26N6O3/c27-15-18-7-9-19(10-8-18)17-35-31-26(34)21-4-1-2-5-22(21)30-16-20-11-12-29-24(14-20)32-13-3-6-23(32)25(28)33/h1-2,4-5,7-12,14,23,30H,3,6,13,16-17H2,(H2,28,33)(H,31,34). The van der Waals surface area contributed by atoms with Gasteiger partial charge in [0.2, 0.25) is 5.91 Å². The fourth-order valence-electron chi connectivity index (χ4n) is 4.01. The summed E-state index contributed by atoms with van der Waals surface area (Å²) in [7, 11) is 0. The van der Waals surface area contributed by atoms with Crippen molar-refractivity contribution in [3.05, 3.63) is 89.1 Å². The molecule has 1 atom stereocenters. The summed E-state index contributed by atoms with van der Waals surface area (Å²) in [6.07, 6.45) is 3.33. The zero-order chi connectivity index (χ0) is 24.6. The summed E-state index contributed by atoms with van der Waals surface area (Å²) in [5.41, 5.74) is 11.5. The Hall–Kier alpha value is -4.42. The Kier molecular flexibility index (Phi) is 7.55. The third-order valence-corrected chi connectivity index (χ3v) is 5.83. The topological polar surface area (TPSA) is 133 Å². The molecule has 0 radical (unpaired) electrons. The van der Waals surface area contributed by atoms with E-state index in [2.05, 4.69) is 21.9 Å². The van der Waals surface area contributed by atoms with Gasteiger partial charge in [-0.2, -0.15) is 5.26 Å². The first-order valence-corrected chi connectivity index (χ1v) is 11.3. The molecule has 0 spiro atoms. The van der Waals surface area contributed by atoms with Crippen molar-refractivity contribution >= 4 is 23.3 Å². The molecule has 3 aromatic rings. The zero-order valence-electron chi connectivity index (χ0n) is 19.1. The van der Waals surface area contributed by atoms with E-state index in [9.17, 15) is 9.59 Å². The Morgan fingerprint density at radius 3 is 2.71 bits per heavy atom. The molecule has 4 rings (SSSR count). The average molecular weight is 471 g/mol. The van der Waals surface area contributed by atoms with Crippen LogP contribution in [-0.2, 0) is 22.8 Å². The number of anilines is 2. The molecule has 2 aromatic carbocycles. The van der Waals surface area contributed by atoms with Crippen molar-refractivity contribution in [2.45, 2.75) is 32.0 Å². The van der Waals surface area contributed by atoms with Crippen molar-refractivity contribution in [1.29, 1.82) is 5.26 Å². The molecule has 4 N–H and O–H groups in total. The van der Waals surface area contributed by atoms with E-state index in [4.69, 9.17) is 15.8 Å². The van der Waals surface area contributed by atoms with Crippen molar-refractivity contribution in [2.24, 2.45) is 5.73 Å². The number of pyridine rings is 1. The van der Waals surface area contributed by atoms with Gasteiger partial charge in [0.1, 0.15) is 11.9 Å². The van der Waals surface area contributed by atoms with Crippen LogP contribution >= 0.6 is 0 Å². The molecular weight excluding hydrogens is 444 g/mol. The zero-order valence-corrected chi connectivity index (χ0v) is 19.1. The number of nitrogens with two attached hydrogens (primary N) is 1. The number of hydrogen-bond acceptors (Lipinski definition) is 7. The van der Waals surface area contributed by atoms with Crippen molar-refractivity contribution in [3.63, 3.8) is 0 Å². The molecule has 1 saturated heterocycles. The number of hydrogen-bond donors (Lipinski definition) is 3. The number of carbonyl (C=O) groups excluding carboxylic acids is 2. The Balaban J connectivity index is 1.36. The summed E-state index contributed by atoms with van der Waals surface area (Å²) in [4.78, 5) is 36.2. The summed E-state index contributed by atoms with van der Waals surface area (Å²) >= 11 is 0. The van der Waals surface area contributed by atoms with Gasteiger partial charge in [-0.05, 0) is 60.4 Å². The maximum Gasteiger partial charge on any atom is 0.276 e. The van der Waals surface area contributed by atoms with Gasteiger partial charge >= 0.3 is 0 Å². The van der Waals surface area contributed by atoms with Gasteiger partial charge in [0.05, 0.1) is 23.8 Å². The number of nitriles is 1. The number of aromatic nitrogens is 1. The van der Waals surface area contributed by atoms with Crippen LogP contribution in [0.15, 0.2) is 66.9 Å². The summed E-state index contributed by atoms with van der Waals surface area (Å²) in [5.74, 6) is 0.000490. The first kappa shape index (κ1) is 23.7. The molecule has 0 aliphatic carbocycles. The van der Waals surface area contributed by atoms with Crippen LogP contribution in [0.3, 0.4) is 0 Å². The highest BCUT2D eigenvalue weighted by atomic mass is 16.6. The summed E-state index contributed by atoms with van der Waals surface area (Å²) in [5, 5.41) is 12.2. The maximum atomic E-state index is 12.7. The summed E-state index contributed by atoms with van der Waals surface area (Å²) in [6, 6.07) is 19.6. The van der Waals surface area contributed by atoms with Gasteiger partial charge in [0, 0.05) is 25.0 Å². The van der Waals surface area contributed by atoms with Gasteiger partial charge in [-0.3, -0.25) is 14.4 Å². The molecule has 1 aliphatic heterocycles. The highest BCUT2D eigenvalue weighted by Crippen LogP contribution is 2.25. The van der Waals surface area contributed by atoms with Gasteiger partial charge in [-0.25, -0.2) is 10.5 Å². The predicted octanol–water partition coefficient (Wildman–Crippen LogP) is 2.88. The molecule has 1 aliphatic rings. The Morgan fingerprint density at radius 1 is 1.14 bits per heavy atom. The first-order valence-electron chi connectivity index (χ1n) is 11.3. The number of benzene rings is 2.